The van der Waals surface area contributed by atoms with E-state index in [0.29, 0.717) is 18.5 Å². The van der Waals surface area contributed by atoms with E-state index in [9.17, 15) is 14.0 Å². The molecule has 0 unspecified atom stereocenters. The van der Waals surface area contributed by atoms with Crippen LogP contribution in [0.3, 0.4) is 0 Å². The first-order valence-electron chi connectivity index (χ1n) is 8.24. The predicted molar refractivity (Wildman–Crippen MR) is 102 cm³/mol. The van der Waals surface area contributed by atoms with Crippen molar-refractivity contribution in [3.63, 3.8) is 0 Å². The molecule has 0 spiro atoms. The van der Waals surface area contributed by atoms with Gasteiger partial charge in [-0.15, -0.1) is 12.4 Å². The maximum Gasteiger partial charge on any atom is 0.275 e. The monoisotopic (exact) mass is 382 g/mol. The highest BCUT2D eigenvalue weighted by molar-refractivity contribution is 5.92. The summed E-state index contributed by atoms with van der Waals surface area (Å²) in [5, 5.41) is 6.73. The molecule has 0 bridgehead atoms. The van der Waals surface area contributed by atoms with Crippen LogP contribution in [0, 0.1) is 12.7 Å². The summed E-state index contributed by atoms with van der Waals surface area (Å²) in [6.07, 6.45) is 1.37. The smallest absolute Gasteiger partial charge is 0.275 e. The van der Waals surface area contributed by atoms with Gasteiger partial charge in [0, 0.05) is 23.8 Å². The van der Waals surface area contributed by atoms with Crippen LogP contribution in [0.4, 0.5) is 4.39 Å². The highest BCUT2D eigenvalue weighted by Gasteiger charge is 2.23. The lowest BCUT2D eigenvalue weighted by Crippen LogP contribution is -2.50. The van der Waals surface area contributed by atoms with Gasteiger partial charge in [0.05, 0.1) is 0 Å². The first-order valence-corrected chi connectivity index (χ1v) is 8.24. The predicted octanol–water partition coefficient (Wildman–Crippen LogP) is 2.35. The van der Waals surface area contributed by atoms with E-state index in [1.807, 2.05) is 13.8 Å². The van der Waals surface area contributed by atoms with Crippen LogP contribution >= 0.6 is 12.4 Å². The average Bonchev–Trinajstić information content (AvgIpc) is 2.60. The molecular weight excluding hydrogens is 359 g/mol. The molecule has 1 amide bonds. The zero-order valence-corrected chi connectivity index (χ0v) is 15.9. The summed E-state index contributed by atoms with van der Waals surface area (Å²) < 4.78 is 15.3. The lowest BCUT2D eigenvalue weighted by atomic mass is 9.94. The number of rotatable bonds is 6. The van der Waals surface area contributed by atoms with Crippen LogP contribution in [0.2, 0.25) is 0 Å². The largest absolute Gasteiger partial charge is 0.349 e. The number of hydrogen-bond acceptors (Lipinski definition) is 4. The Bertz CT molecular complexity index is 834. The normalized spacial score (nSPS) is 11.0. The summed E-state index contributed by atoms with van der Waals surface area (Å²) in [7, 11) is 0. The first-order chi connectivity index (χ1) is 11.8. The van der Waals surface area contributed by atoms with Crippen LogP contribution in [0.15, 0.2) is 35.1 Å². The molecule has 8 heteroatoms. The third-order valence-electron chi connectivity index (χ3n) is 4.41. The van der Waals surface area contributed by atoms with Crippen molar-refractivity contribution in [2.75, 3.05) is 6.54 Å². The van der Waals surface area contributed by atoms with E-state index >= 15 is 0 Å². The van der Waals surface area contributed by atoms with Crippen molar-refractivity contribution in [3.8, 4) is 5.69 Å². The van der Waals surface area contributed by atoms with Gasteiger partial charge < -0.3 is 11.1 Å². The summed E-state index contributed by atoms with van der Waals surface area (Å²) in [5.41, 5.74) is 5.42. The molecule has 0 radical (unpaired) electrons. The second kappa shape index (κ2) is 8.91. The van der Waals surface area contributed by atoms with Crippen molar-refractivity contribution in [1.82, 2.24) is 15.1 Å². The van der Waals surface area contributed by atoms with Crippen molar-refractivity contribution in [3.05, 3.63) is 57.8 Å². The summed E-state index contributed by atoms with van der Waals surface area (Å²) in [6.45, 7) is 5.73. The van der Waals surface area contributed by atoms with Crippen molar-refractivity contribution in [1.29, 1.82) is 0 Å². The zero-order valence-electron chi connectivity index (χ0n) is 15.1. The maximum atomic E-state index is 14.0. The third-order valence-corrected chi connectivity index (χ3v) is 4.41. The van der Waals surface area contributed by atoms with Crippen LogP contribution in [0.1, 0.15) is 42.9 Å². The molecule has 26 heavy (non-hydrogen) atoms. The van der Waals surface area contributed by atoms with E-state index in [1.54, 1.807) is 19.1 Å². The second-order valence-electron chi connectivity index (χ2n) is 6.11. The average molecular weight is 383 g/mol. The standard InChI is InChI=1S/C18H23FN4O2.ClH/c1-4-18(20,5-2)11-21-17(25)16-15(24)10-12(3)23(22-16)14-9-7-6-8-13(14)19;/h6-10H,4-5,11,20H2,1-3H3,(H,21,25);1H. The Morgan fingerprint density at radius 3 is 2.50 bits per heavy atom. The molecular formula is C18H24ClFN4O2. The van der Waals surface area contributed by atoms with E-state index in [1.165, 1.54) is 22.9 Å². The molecule has 142 valence electrons. The van der Waals surface area contributed by atoms with E-state index in [2.05, 4.69) is 10.4 Å². The van der Waals surface area contributed by atoms with Crippen molar-refractivity contribution < 1.29 is 9.18 Å². The van der Waals surface area contributed by atoms with Crippen LogP contribution in [-0.2, 0) is 0 Å². The summed E-state index contributed by atoms with van der Waals surface area (Å²) in [5.74, 6) is -1.11. The highest BCUT2D eigenvalue weighted by atomic mass is 35.5. The molecule has 0 fully saturated rings. The number of hydrogen-bond donors (Lipinski definition) is 2. The number of halogens is 2. The molecule has 0 atom stereocenters. The van der Waals surface area contributed by atoms with Gasteiger partial charge in [-0.2, -0.15) is 5.10 Å². The van der Waals surface area contributed by atoms with Crippen LogP contribution in [-0.4, -0.2) is 27.8 Å². The molecule has 2 rings (SSSR count). The molecule has 6 nitrogen and oxygen atoms in total. The number of nitrogens with zero attached hydrogens (tertiary/aromatic N) is 2. The summed E-state index contributed by atoms with van der Waals surface area (Å²) >= 11 is 0. The van der Waals surface area contributed by atoms with Gasteiger partial charge in [-0.25, -0.2) is 9.07 Å². The van der Waals surface area contributed by atoms with Gasteiger partial charge in [-0.3, -0.25) is 9.59 Å². The maximum absolute atomic E-state index is 14.0. The minimum Gasteiger partial charge on any atom is -0.349 e. The summed E-state index contributed by atoms with van der Waals surface area (Å²) in [6, 6.07) is 7.30. The Balaban J connectivity index is 0.00000338. The van der Waals surface area contributed by atoms with E-state index in [0.717, 1.165) is 0 Å². The molecule has 2 aromatic rings. The zero-order chi connectivity index (χ0) is 18.6. The lowest BCUT2D eigenvalue weighted by Gasteiger charge is -2.26. The molecule has 1 heterocycles. The third kappa shape index (κ3) is 4.68. The Morgan fingerprint density at radius 2 is 1.92 bits per heavy atom. The first kappa shape index (κ1) is 21.8. The SMILES string of the molecule is CCC(N)(CC)CNC(=O)c1nn(-c2ccccc2F)c(C)cc1=O.Cl. The van der Waals surface area contributed by atoms with Gasteiger partial charge in [-0.05, 0) is 31.9 Å². The highest BCUT2D eigenvalue weighted by Crippen LogP contribution is 2.13. The molecule has 0 aliphatic carbocycles. The number of benzene rings is 1. The number of nitrogens with two attached hydrogens (primary N) is 1. The number of carbonyl (C=O) groups excluding carboxylic acids is 1. The Morgan fingerprint density at radius 1 is 1.31 bits per heavy atom. The van der Waals surface area contributed by atoms with E-state index < -0.39 is 22.7 Å². The van der Waals surface area contributed by atoms with E-state index in [4.69, 9.17) is 5.73 Å². The van der Waals surface area contributed by atoms with Gasteiger partial charge in [0.15, 0.2) is 5.69 Å². The molecule has 3 N–H and O–H groups in total. The Hall–Kier alpha value is -2.25. The number of aromatic nitrogens is 2. The van der Waals surface area contributed by atoms with Crippen LogP contribution in [0.5, 0.6) is 0 Å². The number of amides is 1. The summed E-state index contributed by atoms with van der Waals surface area (Å²) in [4.78, 5) is 24.5. The van der Waals surface area contributed by atoms with E-state index in [-0.39, 0.29) is 30.3 Å². The van der Waals surface area contributed by atoms with Crippen LogP contribution in [0.25, 0.3) is 5.69 Å². The quantitative estimate of drug-likeness (QED) is 0.802. The number of carbonyl (C=O) groups is 1. The van der Waals surface area contributed by atoms with Gasteiger partial charge >= 0.3 is 0 Å². The molecule has 0 aliphatic heterocycles. The fourth-order valence-electron chi connectivity index (χ4n) is 2.41. The van der Waals surface area contributed by atoms with Crippen LogP contribution < -0.4 is 16.5 Å². The van der Waals surface area contributed by atoms with Crippen molar-refractivity contribution >= 4 is 18.3 Å². The fraction of sp³-hybridized carbons (Fsp3) is 0.389. The van der Waals surface area contributed by atoms with Gasteiger partial charge in [0.1, 0.15) is 11.5 Å². The minimum atomic E-state index is -0.619. The molecule has 1 aromatic heterocycles. The topological polar surface area (TPSA) is 90.0 Å². The van der Waals surface area contributed by atoms with Gasteiger partial charge in [0.25, 0.3) is 5.91 Å². The molecule has 1 aromatic carbocycles. The number of aryl methyl sites for hydroxylation is 1. The second-order valence-corrected chi connectivity index (χ2v) is 6.11. The molecule has 0 saturated heterocycles. The Kier molecular flexibility index (Phi) is 7.47. The lowest BCUT2D eigenvalue weighted by molar-refractivity contribution is 0.0934. The molecule has 0 saturated carbocycles. The number of para-hydroxylation sites is 1. The van der Waals surface area contributed by atoms with Crippen molar-refractivity contribution in [2.24, 2.45) is 5.73 Å². The number of nitrogens with one attached hydrogen (secondary N) is 1. The van der Waals surface area contributed by atoms with Gasteiger partial charge in [0.2, 0.25) is 5.43 Å². The molecule has 0 aliphatic rings. The van der Waals surface area contributed by atoms with Gasteiger partial charge in [-0.1, -0.05) is 26.0 Å². The minimum absolute atomic E-state index is 0. The van der Waals surface area contributed by atoms with Crippen molar-refractivity contribution in [2.45, 2.75) is 39.2 Å². The fourth-order valence-corrected chi connectivity index (χ4v) is 2.41. The Labute approximate surface area is 158 Å².